The van der Waals surface area contributed by atoms with Gasteiger partial charge in [-0.1, -0.05) is 18.8 Å². The monoisotopic (exact) mass is 428 g/mol. The Labute approximate surface area is 188 Å². The van der Waals surface area contributed by atoms with Crippen LogP contribution in [0.2, 0.25) is 0 Å². The number of fused-ring (bicyclic) bond motifs is 1. The average molecular weight is 429 g/mol. The Morgan fingerprint density at radius 3 is 2.50 bits per heavy atom. The van der Waals surface area contributed by atoms with Gasteiger partial charge >= 0.3 is 0 Å². The maximum Gasteiger partial charge on any atom is 0.253 e. The third-order valence-electron chi connectivity index (χ3n) is 6.63. The third kappa shape index (κ3) is 3.94. The van der Waals surface area contributed by atoms with E-state index in [1.54, 1.807) is 6.20 Å². The number of anilines is 3. The minimum atomic E-state index is -0.0847. The molecule has 0 unspecified atom stereocenters. The van der Waals surface area contributed by atoms with Crippen LogP contribution in [0.3, 0.4) is 0 Å². The molecule has 0 amide bonds. The number of piperazine rings is 1. The van der Waals surface area contributed by atoms with E-state index in [0.29, 0.717) is 17.2 Å². The second-order valence-electron chi connectivity index (χ2n) is 8.74. The zero-order chi connectivity index (χ0) is 22.1. The van der Waals surface area contributed by atoms with Crippen molar-refractivity contribution in [1.29, 1.82) is 0 Å². The molecule has 1 saturated heterocycles. The Kier molecular flexibility index (Phi) is 5.54. The molecule has 7 nitrogen and oxygen atoms in total. The van der Waals surface area contributed by atoms with Crippen LogP contribution in [-0.2, 0) is 0 Å². The standard InChI is InChI=1S/C25H28N6O/c1-3-18-16-23(32)31(21-6-4-5-7-21)24-22(18)17-26-25(28-24)27-19-8-10-20(11-9-19)30-14-12-29(2)13-15-30/h1,8-11,16-17,21H,4-7,12-15H2,2H3,(H,26,27,28). The van der Waals surface area contributed by atoms with Gasteiger partial charge in [-0.15, -0.1) is 6.42 Å². The van der Waals surface area contributed by atoms with E-state index in [9.17, 15) is 4.79 Å². The van der Waals surface area contributed by atoms with E-state index in [4.69, 9.17) is 11.4 Å². The first kappa shape index (κ1) is 20.5. The Morgan fingerprint density at radius 2 is 1.81 bits per heavy atom. The van der Waals surface area contributed by atoms with Gasteiger partial charge in [0.2, 0.25) is 5.95 Å². The molecule has 2 aromatic heterocycles. The van der Waals surface area contributed by atoms with E-state index in [0.717, 1.165) is 62.9 Å². The van der Waals surface area contributed by atoms with Crippen molar-refractivity contribution in [3.63, 3.8) is 0 Å². The second kappa shape index (κ2) is 8.64. The molecule has 1 aliphatic carbocycles. The van der Waals surface area contributed by atoms with Crippen LogP contribution < -0.4 is 15.8 Å². The number of hydrogen-bond acceptors (Lipinski definition) is 6. The van der Waals surface area contributed by atoms with Gasteiger partial charge < -0.3 is 15.1 Å². The first-order valence-corrected chi connectivity index (χ1v) is 11.3. The minimum absolute atomic E-state index is 0.0847. The molecule has 1 N–H and O–H groups in total. The van der Waals surface area contributed by atoms with Gasteiger partial charge in [-0.05, 0) is 44.2 Å². The molecule has 0 bridgehead atoms. The maximum atomic E-state index is 12.9. The lowest BCUT2D eigenvalue weighted by atomic mass is 10.1. The highest BCUT2D eigenvalue weighted by molar-refractivity contribution is 5.82. The van der Waals surface area contributed by atoms with Crippen molar-refractivity contribution >= 4 is 28.4 Å². The maximum absolute atomic E-state index is 12.9. The quantitative estimate of drug-likeness (QED) is 0.643. The molecule has 1 aliphatic heterocycles. The fourth-order valence-electron chi connectivity index (χ4n) is 4.77. The zero-order valence-electron chi connectivity index (χ0n) is 18.4. The van der Waals surface area contributed by atoms with Crippen molar-refractivity contribution in [2.45, 2.75) is 31.7 Å². The molecule has 5 rings (SSSR count). The van der Waals surface area contributed by atoms with Gasteiger partial charge in [0, 0.05) is 61.4 Å². The van der Waals surface area contributed by atoms with Gasteiger partial charge in [0.05, 0.1) is 5.39 Å². The molecule has 0 spiro atoms. The Morgan fingerprint density at radius 1 is 1.09 bits per heavy atom. The molecule has 0 radical (unpaired) electrons. The molecule has 7 heteroatoms. The summed E-state index contributed by atoms with van der Waals surface area (Å²) in [6.45, 7) is 4.22. The number of nitrogens with one attached hydrogen (secondary N) is 1. The van der Waals surface area contributed by atoms with Crippen LogP contribution in [0.4, 0.5) is 17.3 Å². The van der Waals surface area contributed by atoms with E-state index < -0.39 is 0 Å². The van der Waals surface area contributed by atoms with E-state index in [-0.39, 0.29) is 11.6 Å². The van der Waals surface area contributed by atoms with E-state index in [2.05, 4.69) is 45.2 Å². The topological polar surface area (TPSA) is 66.3 Å². The molecule has 32 heavy (non-hydrogen) atoms. The molecule has 2 fully saturated rings. The summed E-state index contributed by atoms with van der Waals surface area (Å²) < 4.78 is 1.81. The lowest BCUT2D eigenvalue weighted by molar-refractivity contribution is 0.313. The zero-order valence-corrected chi connectivity index (χ0v) is 18.4. The molecule has 0 atom stereocenters. The van der Waals surface area contributed by atoms with Gasteiger partial charge in [0.15, 0.2) is 0 Å². The summed E-state index contributed by atoms with van der Waals surface area (Å²) in [6.07, 6.45) is 11.6. The highest BCUT2D eigenvalue weighted by atomic mass is 16.1. The predicted molar refractivity (Wildman–Crippen MR) is 129 cm³/mol. The van der Waals surface area contributed by atoms with Crippen molar-refractivity contribution in [2.75, 3.05) is 43.4 Å². The van der Waals surface area contributed by atoms with Gasteiger partial charge in [0.1, 0.15) is 5.65 Å². The molecule has 1 aromatic carbocycles. The van der Waals surface area contributed by atoms with Gasteiger partial charge in [-0.25, -0.2) is 4.98 Å². The van der Waals surface area contributed by atoms with E-state index >= 15 is 0 Å². The molecule has 3 heterocycles. The summed E-state index contributed by atoms with van der Waals surface area (Å²) in [4.78, 5) is 26.8. The SMILES string of the molecule is C#Cc1cc(=O)n(C2CCCC2)c2nc(Nc3ccc(N4CCN(C)CC4)cc3)ncc12. The number of rotatable bonds is 4. The molecule has 1 saturated carbocycles. The molecular formula is C25H28N6O. The molecule has 3 aromatic rings. The molecular weight excluding hydrogens is 400 g/mol. The van der Waals surface area contributed by atoms with Crippen LogP contribution in [0, 0.1) is 12.3 Å². The van der Waals surface area contributed by atoms with Crippen molar-refractivity contribution in [2.24, 2.45) is 0 Å². The number of aromatic nitrogens is 3. The first-order chi connectivity index (χ1) is 15.6. The van der Waals surface area contributed by atoms with Crippen molar-refractivity contribution < 1.29 is 0 Å². The van der Waals surface area contributed by atoms with Gasteiger partial charge in [-0.2, -0.15) is 4.98 Å². The summed E-state index contributed by atoms with van der Waals surface area (Å²) in [5.41, 5.74) is 3.20. The summed E-state index contributed by atoms with van der Waals surface area (Å²) >= 11 is 0. The number of benzene rings is 1. The van der Waals surface area contributed by atoms with Crippen LogP contribution >= 0.6 is 0 Å². The fraction of sp³-hybridized carbons (Fsp3) is 0.400. The number of hydrogen-bond donors (Lipinski definition) is 1. The predicted octanol–water partition coefficient (Wildman–Crippen LogP) is 3.38. The van der Waals surface area contributed by atoms with E-state index in [1.165, 1.54) is 11.8 Å². The van der Waals surface area contributed by atoms with E-state index in [1.807, 2.05) is 16.7 Å². The fourth-order valence-corrected chi connectivity index (χ4v) is 4.77. The van der Waals surface area contributed by atoms with Crippen molar-refractivity contribution in [3.8, 4) is 12.3 Å². The average Bonchev–Trinajstić information content (AvgIpc) is 3.34. The van der Waals surface area contributed by atoms with Crippen LogP contribution in [0.5, 0.6) is 0 Å². The summed E-state index contributed by atoms with van der Waals surface area (Å²) in [6, 6.07) is 10.0. The largest absolute Gasteiger partial charge is 0.369 e. The van der Waals surface area contributed by atoms with Crippen molar-refractivity contribution in [3.05, 3.63) is 52.4 Å². The number of nitrogens with zero attached hydrogens (tertiary/aromatic N) is 5. The van der Waals surface area contributed by atoms with Crippen LogP contribution in [0.1, 0.15) is 37.3 Å². The lowest BCUT2D eigenvalue weighted by Crippen LogP contribution is -2.44. The molecule has 2 aliphatic rings. The summed E-state index contributed by atoms with van der Waals surface area (Å²) in [7, 11) is 2.16. The molecule has 164 valence electrons. The Balaban J connectivity index is 1.44. The highest BCUT2D eigenvalue weighted by Crippen LogP contribution is 2.31. The number of pyridine rings is 1. The van der Waals surface area contributed by atoms with Crippen molar-refractivity contribution in [1.82, 2.24) is 19.4 Å². The lowest BCUT2D eigenvalue weighted by Gasteiger charge is -2.34. The minimum Gasteiger partial charge on any atom is -0.369 e. The van der Waals surface area contributed by atoms with Crippen LogP contribution in [0.25, 0.3) is 11.0 Å². The van der Waals surface area contributed by atoms with Crippen LogP contribution in [0.15, 0.2) is 41.3 Å². The normalized spacial score (nSPS) is 17.6. The summed E-state index contributed by atoms with van der Waals surface area (Å²) in [5, 5.41) is 4.04. The van der Waals surface area contributed by atoms with Gasteiger partial charge in [0.25, 0.3) is 5.56 Å². The van der Waals surface area contributed by atoms with Gasteiger partial charge in [-0.3, -0.25) is 9.36 Å². The Bertz CT molecular complexity index is 1210. The third-order valence-corrected chi connectivity index (χ3v) is 6.63. The number of likely N-dealkylation sites (N-methyl/N-ethyl adjacent to an activating group) is 1. The summed E-state index contributed by atoms with van der Waals surface area (Å²) in [5.74, 6) is 3.08. The number of terminal acetylenes is 1. The highest BCUT2D eigenvalue weighted by Gasteiger charge is 2.22. The van der Waals surface area contributed by atoms with Crippen LogP contribution in [-0.4, -0.2) is 52.7 Å². The second-order valence-corrected chi connectivity index (χ2v) is 8.74. The Hall–Kier alpha value is -3.37. The first-order valence-electron chi connectivity index (χ1n) is 11.3. The smallest absolute Gasteiger partial charge is 0.253 e.